The first kappa shape index (κ1) is 14.2. The number of nitro benzene ring substituents is 1. The molecule has 0 unspecified atom stereocenters. The fourth-order valence-electron chi connectivity index (χ4n) is 1.57. The minimum atomic E-state index is -0.485. The van der Waals surface area contributed by atoms with Gasteiger partial charge in [-0.15, -0.1) is 0 Å². The van der Waals surface area contributed by atoms with Crippen LogP contribution in [0.15, 0.2) is 41.1 Å². The van der Waals surface area contributed by atoms with Crippen LogP contribution in [0.3, 0.4) is 0 Å². The van der Waals surface area contributed by atoms with Crippen LogP contribution in [-0.2, 0) is 11.3 Å². The van der Waals surface area contributed by atoms with E-state index in [0.29, 0.717) is 12.2 Å². The number of hydrogen-bond donors (Lipinski definition) is 1. The Balaban J connectivity index is 1.86. The number of nitrogens with one attached hydrogen (secondary N) is 1. The first-order chi connectivity index (χ1) is 9.54. The molecule has 0 atom stereocenters. The molecule has 7 nitrogen and oxygen atoms in total. The van der Waals surface area contributed by atoms with Gasteiger partial charge >= 0.3 is 0 Å². The Labute approximate surface area is 122 Å². The van der Waals surface area contributed by atoms with E-state index in [9.17, 15) is 14.9 Å². The second kappa shape index (κ2) is 6.29. The number of aryl methyl sites for hydroxylation is 1. The van der Waals surface area contributed by atoms with Gasteiger partial charge in [-0.25, -0.2) is 0 Å². The number of anilines is 1. The van der Waals surface area contributed by atoms with Gasteiger partial charge in [0.15, 0.2) is 0 Å². The lowest BCUT2D eigenvalue weighted by Crippen LogP contribution is -2.14. The van der Waals surface area contributed by atoms with Crippen molar-refractivity contribution in [3.05, 3.63) is 51.2 Å². The van der Waals surface area contributed by atoms with E-state index in [4.69, 9.17) is 0 Å². The summed E-state index contributed by atoms with van der Waals surface area (Å²) >= 11 is 3.27. The van der Waals surface area contributed by atoms with Crippen LogP contribution in [0.1, 0.15) is 6.42 Å². The fraction of sp³-hybridized carbons (Fsp3) is 0.167. The number of amides is 1. The van der Waals surface area contributed by atoms with Crippen molar-refractivity contribution in [2.45, 2.75) is 13.0 Å². The molecule has 1 N–H and O–H groups in total. The molecule has 1 aromatic carbocycles. The molecule has 8 heteroatoms. The summed E-state index contributed by atoms with van der Waals surface area (Å²) in [6, 6.07) is 5.70. The smallest absolute Gasteiger partial charge is 0.269 e. The number of aromatic nitrogens is 2. The van der Waals surface area contributed by atoms with Crippen molar-refractivity contribution in [2.75, 3.05) is 5.32 Å². The SMILES string of the molecule is O=C(CCn1cc(Br)cn1)Nc1ccc([N+](=O)[O-])cc1. The molecule has 104 valence electrons. The predicted molar refractivity (Wildman–Crippen MR) is 76.3 cm³/mol. The van der Waals surface area contributed by atoms with Crippen LogP contribution in [0.2, 0.25) is 0 Å². The highest BCUT2D eigenvalue weighted by atomic mass is 79.9. The maximum absolute atomic E-state index is 11.7. The number of benzene rings is 1. The van der Waals surface area contributed by atoms with Gasteiger partial charge in [-0.05, 0) is 28.1 Å². The van der Waals surface area contributed by atoms with Crippen LogP contribution in [-0.4, -0.2) is 20.6 Å². The zero-order chi connectivity index (χ0) is 14.5. The van der Waals surface area contributed by atoms with Crippen molar-refractivity contribution in [1.82, 2.24) is 9.78 Å². The second-order valence-electron chi connectivity index (χ2n) is 4.02. The van der Waals surface area contributed by atoms with Crippen LogP contribution >= 0.6 is 15.9 Å². The molecule has 0 fully saturated rings. The molecule has 0 bridgehead atoms. The molecule has 20 heavy (non-hydrogen) atoms. The topological polar surface area (TPSA) is 90.1 Å². The van der Waals surface area contributed by atoms with Gasteiger partial charge in [-0.3, -0.25) is 19.6 Å². The Bertz CT molecular complexity index is 624. The van der Waals surface area contributed by atoms with Gasteiger partial charge in [0.1, 0.15) is 0 Å². The Morgan fingerprint density at radius 1 is 1.40 bits per heavy atom. The molecule has 0 radical (unpaired) electrons. The third-order valence-corrected chi connectivity index (χ3v) is 2.94. The average Bonchev–Trinajstić information content (AvgIpc) is 2.83. The van der Waals surface area contributed by atoms with Gasteiger partial charge in [0.05, 0.1) is 15.6 Å². The summed E-state index contributed by atoms with van der Waals surface area (Å²) in [5.41, 5.74) is 0.520. The number of halogens is 1. The highest BCUT2D eigenvalue weighted by Crippen LogP contribution is 2.15. The number of carbonyl (C=O) groups is 1. The van der Waals surface area contributed by atoms with Crippen molar-refractivity contribution in [3.63, 3.8) is 0 Å². The van der Waals surface area contributed by atoms with Crippen LogP contribution in [0.4, 0.5) is 11.4 Å². The lowest BCUT2D eigenvalue weighted by Gasteiger charge is -2.05. The number of hydrogen-bond acceptors (Lipinski definition) is 4. The lowest BCUT2D eigenvalue weighted by molar-refractivity contribution is -0.384. The number of non-ortho nitro benzene ring substituents is 1. The highest BCUT2D eigenvalue weighted by Gasteiger charge is 2.07. The molecule has 0 aliphatic carbocycles. The molecule has 0 aliphatic heterocycles. The molecule has 0 saturated heterocycles. The van der Waals surface area contributed by atoms with Crippen molar-refractivity contribution < 1.29 is 9.72 Å². The average molecular weight is 339 g/mol. The largest absolute Gasteiger partial charge is 0.326 e. The van der Waals surface area contributed by atoms with E-state index >= 15 is 0 Å². The summed E-state index contributed by atoms with van der Waals surface area (Å²) in [6.07, 6.45) is 3.69. The maximum Gasteiger partial charge on any atom is 0.269 e. The zero-order valence-corrected chi connectivity index (χ0v) is 11.9. The van der Waals surface area contributed by atoms with E-state index in [1.807, 2.05) is 0 Å². The van der Waals surface area contributed by atoms with Crippen LogP contribution in [0.5, 0.6) is 0 Å². The molecule has 1 amide bonds. The Kier molecular flexibility index (Phi) is 4.46. The summed E-state index contributed by atoms with van der Waals surface area (Å²) in [5.74, 6) is -0.175. The quantitative estimate of drug-likeness (QED) is 0.670. The number of nitro groups is 1. The monoisotopic (exact) mass is 338 g/mol. The van der Waals surface area contributed by atoms with E-state index in [1.165, 1.54) is 24.3 Å². The van der Waals surface area contributed by atoms with Crippen molar-refractivity contribution >= 4 is 33.2 Å². The van der Waals surface area contributed by atoms with Gasteiger partial charge in [0.2, 0.25) is 5.91 Å². The zero-order valence-electron chi connectivity index (χ0n) is 10.3. The van der Waals surface area contributed by atoms with E-state index < -0.39 is 4.92 Å². The van der Waals surface area contributed by atoms with Gasteiger partial charge in [-0.1, -0.05) is 0 Å². The van der Waals surface area contributed by atoms with E-state index in [1.54, 1.807) is 17.1 Å². The molecular formula is C12H11BrN4O3. The van der Waals surface area contributed by atoms with Crippen LogP contribution in [0, 0.1) is 10.1 Å². The van der Waals surface area contributed by atoms with Gasteiger partial charge in [0, 0.05) is 37.0 Å². The molecule has 2 aromatic rings. The second-order valence-corrected chi connectivity index (χ2v) is 4.94. The predicted octanol–water partition coefficient (Wildman–Crippen LogP) is 2.58. The Hall–Kier alpha value is -2.22. The molecule has 0 spiro atoms. The van der Waals surface area contributed by atoms with Crippen molar-refractivity contribution in [1.29, 1.82) is 0 Å². The van der Waals surface area contributed by atoms with E-state index in [0.717, 1.165) is 4.47 Å². The molecule has 2 rings (SSSR count). The highest BCUT2D eigenvalue weighted by molar-refractivity contribution is 9.10. The van der Waals surface area contributed by atoms with Gasteiger partial charge in [0.25, 0.3) is 5.69 Å². The lowest BCUT2D eigenvalue weighted by atomic mass is 10.2. The first-order valence-electron chi connectivity index (χ1n) is 5.77. The minimum absolute atomic E-state index is 0.00982. The normalized spacial score (nSPS) is 10.2. The summed E-state index contributed by atoms with van der Waals surface area (Å²) in [4.78, 5) is 21.7. The third kappa shape index (κ3) is 3.89. The number of nitrogens with zero attached hydrogens (tertiary/aromatic N) is 3. The van der Waals surface area contributed by atoms with Crippen molar-refractivity contribution in [3.8, 4) is 0 Å². The molecule has 0 saturated carbocycles. The van der Waals surface area contributed by atoms with E-state index in [-0.39, 0.29) is 18.0 Å². The summed E-state index contributed by atoms with van der Waals surface area (Å²) in [6.45, 7) is 0.463. The maximum atomic E-state index is 11.7. The standard InChI is InChI=1S/C12H11BrN4O3/c13-9-7-14-16(8-9)6-5-12(18)15-10-1-3-11(4-2-10)17(19)20/h1-4,7-8H,5-6H2,(H,15,18). The van der Waals surface area contributed by atoms with Gasteiger partial charge in [-0.2, -0.15) is 5.10 Å². The molecule has 1 heterocycles. The van der Waals surface area contributed by atoms with Crippen LogP contribution < -0.4 is 5.32 Å². The number of carbonyl (C=O) groups excluding carboxylic acids is 1. The minimum Gasteiger partial charge on any atom is -0.326 e. The Morgan fingerprint density at radius 2 is 2.10 bits per heavy atom. The van der Waals surface area contributed by atoms with Crippen LogP contribution in [0.25, 0.3) is 0 Å². The Morgan fingerprint density at radius 3 is 2.65 bits per heavy atom. The fourth-order valence-corrected chi connectivity index (χ4v) is 1.89. The van der Waals surface area contributed by atoms with E-state index in [2.05, 4.69) is 26.3 Å². The summed E-state index contributed by atoms with van der Waals surface area (Å²) in [7, 11) is 0. The summed E-state index contributed by atoms with van der Waals surface area (Å²) < 4.78 is 2.51. The van der Waals surface area contributed by atoms with Gasteiger partial charge < -0.3 is 5.32 Å². The van der Waals surface area contributed by atoms with Crippen molar-refractivity contribution in [2.24, 2.45) is 0 Å². The molecule has 0 aliphatic rings. The molecule has 1 aromatic heterocycles. The number of rotatable bonds is 5. The molecular weight excluding hydrogens is 328 g/mol. The third-order valence-electron chi connectivity index (χ3n) is 2.53. The summed E-state index contributed by atoms with van der Waals surface area (Å²) in [5, 5.41) is 17.2. The first-order valence-corrected chi connectivity index (χ1v) is 6.56.